The number of hydrogen-bond acceptors (Lipinski definition) is 3. The molecule has 0 aliphatic rings. The largest absolute Gasteiger partial charge is 0.397 e. The quantitative estimate of drug-likeness (QED) is 0.519. The zero-order chi connectivity index (χ0) is 9.61. The van der Waals surface area contributed by atoms with E-state index in [1.165, 1.54) is 0 Å². The average Bonchev–Trinajstić information content (AvgIpc) is 1.84. The van der Waals surface area contributed by atoms with Gasteiger partial charge in [-0.3, -0.25) is 4.55 Å². The summed E-state index contributed by atoms with van der Waals surface area (Å²) in [7, 11) is -4.26. The molecule has 0 aromatic carbocycles. The van der Waals surface area contributed by atoms with Gasteiger partial charge in [-0.15, -0.1) is 0 Å². The lowest BCUT2D eigenvalue weighted by atomic mass is 10.1. The fraction of sp³-hybridized carbons (Fsp3) is 1.00. The van der Waals surface area contributed by atoms with Gasteiger partial charge in [0.05, 0.1) is 6.10 Å². The molecule has 1 atom stereocenters. The maximum Gasteiger partial charge on any atom is 0.397 e. The molecule has 0 rings (SSSR count). The van der Waals surface area contributed by atoms with Crippen molar-refractivity contribution in [1.29, 1.82) is 0 Å². The predicted octanol–water partition coefficient (Wildman–Crippen LogP) is 1.77. The topological polar surface area (TPSA) is 63.6 Å². The summed E-state index contributed by atoms with van der Waals surface area (Å²) in [6, 6.07) is 0. The number of hydrogen-bond donors (Lipinski definition) is 1. The van der Waals surface area contributed by atoms with Crippen molar-refractivity contribution in [2.24, 2.45) is 0 Å². The third-order valence-corrected chi connectivity index (χ3v) is 2.07. The van der Waals surface area contributed by atoms with Gasteiger partial charge < -0.3 is 0 Å². The highest BCUT2D eigenvalue weighted by molar-refractivity contribution is 7.80. The Morgan fingerprint density at radius 3 is 2.42 bits per heavy atom. The molecule has 0 bridgehead atoms. The first-order valence-corrected chi connectivity index (χ1v) is 5.48. The molecule has 0 aliphatic heterocycles. The van der Waals surface area contributed by atoms with E-state index in [9.17, 15) is 8.42 Å². The summed E-state index contributed by atoms with van der Waals surface area (Å²) in [6.07, 6.45) is 3.30. The first-order valence-electron chi connectivity index (χ1n) is 4.11. The fourth-order valence-corrected chi connectivity index (χ4v) is 1.45. The van der Waals surface area contributed by atoms with E-state index in [0.29, 0.717) is 6.42 Å². The lowest BCUT2D eigenvalue weighted by Gasteiger charge is -2.08. The molecule has 5 heteroatoms. The highest BCUT2D eigenvalue weighted by Gasteiger charge is 2.10. The van der Waals surface area contributed by atoms with Crippen LogP contribution in [0.3, 0.4) is 0 Å². The molecule has 74 valence electrons. The van der Waals surface area contributed by atoms with Gasteiger partial charge in [-0.1, -0.05) is 26.2 Å². The molecule has 1 N–H and O–H groups in total. The van der Waals surface area contributed by atoms with E-state index in [0.717, 1.165) is 19.3 Å². The van der Waals surface area contributed by atoms with Gasteiger partial charge in [0.15, 0.2) is 0 Å². The molecule has 4 nitrogen and oxygen atoms in total. The molecule has 0 amide bonds. The summed E-state index contributed by atoms with van der Waals surface area (Å²) in [5, 5.41) is 0. The summed E-state index contributed by atoms with van der Waals surface area (Å²) in [5.74, 6) is 0. The molecule has 0 aromatic rings. The van der Waals surface area contributed by atoms with Gasteiger partial charge >= 0.3 is 10.4 Å². The van der Waals surface area contributed by atoms with Crippen LogP contribution in [0.15, 0.2) is 0 Å². The van der Waals surface area contributed by atoms with Crippen LogP contribution >= 0.6 is 0 Å². The van der Waals surface area contributed by atoms with E-state index in [-0.39, 0.29) is 0 Å². The first kappa shape index (κ1) is 11.9. The highest BCUT2D eigenvalue weighted by atomic mass is 32.3. The Labute approximate surface area is 73.9 Å². The second-order valence-corrected chi connectivity index (χ2v) is 3.88. The minimum atomic E-state index is -4.26. The Hall–Kier alpha value is -0.130. The van der Waals surface area contributed by atoms with Crippen molar-refractivity contribution in [3.05, 3.63) is 0 Å². The summed E-state index contributed by atoms with van der Waals surface area (Å²) < 4.78 is 33.0. The molecule has 0 heterocycles. The van der Waals surface area contributed by atoms with Gasteiger partial charge in [-0.25, -0.2) is 4.18 Å². The SMILES string of the molecule is CCCCCC(C)OS(=O)(=O)O. The lowest BCUT2D eigenvalue weighted by molar-refractivity contribution is 0.186. The normalized spacial score (nSPS) is 14.6. The summed E-state index contributed by atoms with van der Waals surface area (Å²) in [5.41, 5.74) is 0. The monoisotopic (exact) mass is 196 g/mol. The Kier molecular flexibility index (Phi) is 5.44. The van der Waals surface area contributed by atoms with E-state index in [2.05, 4.69) is 11.1 Å². The van der Waals surface area contributed by atoms with E-state index in [1.54, 1.807) is 6.92 Å². The zero-order valence-corrected chi connectivity index (χ0v) is 8.30. The van der Waals surface area contributed by atoms with E-state index in [1.807, 2.05) is 0 Å². The standard InChI is InChI=1S/C7H16O4S/c1-3-4-5-6-7(2)11-12(8,9)10/h7H,3-6H2,1-2H3,(H,8,9,10). The maximum absolute atomic E-state index is 10.2. The van der Waals surface area contributed by atoms with E-state index in [4.69, 9.17) is 4.55 Å². The smallest absolute Gasteiger partial charge is 0.264 e. The van der Waals surface area contributed by atoms with Crippen LogP contribution in [0, 0.1) is 0 Å². The van der Waals surface area contributed by atoms with Gasteiger partial charge in [-0.05, 0) is 13.3 Å². The fourth-order valence-electron chi connectivity index (χ4n) is 0.937. The molecule has 0 aliphatic carbocycles. The van der Waals surface area contributed by atoms with Gasteiger partial charge in [0.1, 0.15) is 0 Å². The minimum Gasteiger partial charge on any atom is -0.264 e. The minimum absolute atomic E-state index is 0.424. The van der Waals surface area contributed by atoms with Gasteiger partial charge in [0, 0.05) is 0 Å². The second kappa shape index (κ2) is 5.50. The molecule has 0 saturated carbocycles. The van der Waals surface area contributed by atoms with E-state index >= 15 is 0 Å². The molecular weight excluding hydrogens is 180 g/mol. The van der Waals surface area contributed by atoms with Crippen LogP contribution in [0.1, 0.15) is 39.5 Å². The van der Waals surface area contributed by atoms with Crippen LogP contribution in [-0.4, -0.2) is 19.1 Å². The average molecular weight is 196 g/mol. The maximum atomic E-state index is 10.2. The Bertz CT molecular complexity index is 197. The molecule has 0 spiro atoms. The molecule has 0 radical (unpaired) electrons. The molecule has 12 heavy (non-hydrogen) atoms. The van der Waals surface area contributed by atoms with Crippen molar-refractivity contribution in [2.75, 3.05) is 0 Å². The number of rotatable bonds is 6. The number of unbranched alkanes of at least 4 members (excludes halogenated alkanes) is 2. The molecular formula is C7H16O4S. The van der Waals surface area contributed by atoms with Gasteiger partial charge in [0.2, 0.25) is 0 Å². The lowest BCUT2D eigenvalue weighted by Crippen LogP contribution is -2.14. The van der Waals surface area contributed by atoms with Crippen LogP contribution in [0.4, 0.5) is 0 Å². The third-order valence-electron chi connectivity index (χ3n) is 1.50. The molecule has 1 unspecified atom stereocenters. The predicted molar refractivity (Wildman–Crippen MR) is 46.2 cm³/mol. The Morgan fingerprint density at radius 1 is 1.42 bits per heavy atom. The van der Waals surface area contributed by atoms with Crippen LogP contribution < -0.4 is 0 Å². The molecule has 0 fully saturated rings. The summed E-state index contributed by atoms with van der Waals surface area (Å²) >= 11 is 0. The van der Waals surface area contributed by atoms with Crippen molar-refractivity contribution in [3.8, 4) is 0 Å². The van der Waals surface area contributed by atoms with Crippen molar-refractivity contribution in [3.63, 3.8) is 0 Å². The van der Waals surface area contributed by atoms with Crippen LogP contribution in [0.25, 0.3) is 0 Å². The summed E-state index contributed by atoms with van der Waals surface area (Å²) in [6.45, 7) is 3.69. The van der Waals surface area contributed by atoms with Crippen LogP contribution in [0.2, 0.25) is 0 Å². The Morgan fingerprint density at radius 2 is 2.00 bits per heavy atom. The first-order chi connectivity index (χ1) is 5.45. The van der Waals surface area contributed by atoms with Crippen molar-refractivity contribution >= 4 is 10.4 Å². The summed E-state index contributed by atoms with van der Waals surface area (Å²) in [4.78, 5) is 0. The van der Waals surface area contributed by atoms with Crippen LogP contribution in [0.5, 0.6) is 0 Å². The molecule has 0 aromatic heterocycles. The van der Waals surface area contributed by atoms with Crippen molar-refractivity contribution in [1.82, 2.24) is 0 Å². The van der Waals surface area contributed by atoms with E-state index < -0.39 is 16.5 Å². The zero-order valence-electron chi connectivity index (χ0n) is 7.49. The van der Waals surface area contributed by atoms with Crippen molar-refractivity contribution in [2.45, 2.75) is 45.6 Å². The highest BCUT2D eigenvalue weighted by Crippen LogP contribution is 2.07. The second-order valence-electron chi connectivity index (χ2n) is 2.83. The molecule has 0 saturated heterocycles. The third kappa shape index (κ3) is 7.97. The van der Waals surface area contributed by atoms with Crippen molar-refractivity contribution < 1.29 is 17.2 Å². The van der Waals surface area contributed by atoms with Crippen LogP contribution in [-0.2, 0) is 14.6 Å². The Balaban J connectivity index is 3.53. The van der Waals surface area contributed by atoms with Gasteiger partial charge in [-0.2, -0.15) is 8.42 Å². The van der Waals surface area contributed by atoms with Gasteiger partial charge in [0.25, 0.3) is 0 Å².